The van der Waals surface area contributed by atoms with E-state index in [-0.39, 0.29) is 4.90 Å². The number of hydrogen-bond acceptors (Lipinski definition) is 9. The molecule has 0 aliphatic carbocycles. The molecule has 1 aromatic rings. The Kier molecular flexibility index (Phi) is 9.75. The van der Waals surface area contributed by atoms with Crippen LogP contribution in [0.25, 0.3) is 0 Å². The van der Waals surface area contributed by atoms with Gasteiger partial charge in [0.25, 0.3) is 5.91 Å². The Morgan fingerprint density at radius 1 is 0.875 bits per heavy atom. The topological polar surface area (TPSA) is 177 Å². The van der Waals surface area contributed by atoms with Gasteiger partial charge < -0.3 is 25.2 Å². The van der Waals surface area contributed by atoms with Gasteiger partial charge in [-0.25, -0.2) is 18.0 Å². The Morgan fingerprint density at radius 2 is 1.31 bits per heavy atom. The molecule has 13 heteroatoms. The van der Waals surface area contributed by atoms with Crippen LogP contribution in [-0.4, -0.2) is 75.7 Å². The zero-order valence-electron chi connectivity index (χ0n) is 18.2. The standard InChI is InChI=1S/C19H27N3O9S/c1-10-6-8-13(9-7-10)32(28,29)22-14(16(24)20-11(2)18(26)30-4)15(23)17(25)21-12(3)19(27)31-5/h6-9,11-12,14-15,22-23H,1-5H3,(H,20,24)(H,21,25)/t11-,12-,14-,15-/m0/s1. The van der Waals surface area contributed by atoms with Gasteiger partial charge in [-0.15, -0.1) is 0 Å². The third-order valence-electron chi connectivity index (χ3n) is 4.31. The summed E-state index contributed by atoms with van der Waals surface area (Å²) in [6.07, 6.45) is -2.26. The summed E-state index contributed by atoms with van der Waals surface area (Å²) in [4.78, 5) is 47.9. The first-order chi connectivity index (χ1) is 14.8. The third-order valence-corrected chi connectivity index (χ3v) is 5.76. The Hall–Kier alpha value is -3.03. The second-order valence-corrected chi connectivity index (χ2v) is 8.58. The molecular weight excluding hydrogens is 446 g/mol. The van der Waals surface area contributed by atoms with Crippen LogP contribution < -0.4 is 15.4 Å². The molecule has 0 radical (unpaired) electrons. The normalized spacial score (nSPS) is 14.9. The van der Waals surface area contributed by atoms with Crippen molar-refractivity contribution in [2.24, 2.45) is 0 Å². The average molecular weight is 474 g/mol. The first kappa shape index (κ1) is 27.0. The maximum atomic E-state index is 12.7. The van der Waals surface area contributed by atoms with Gasteiger partial charge in [-0.2, -0.15) is 4.72 Å². The number of aryl methyl sites for hydroxylation is 1. The summed E-state index contributed by atoms with van der Waals surface area (Å²) in [5, 5.41) is 14.7. The molecule has 178 valence electrons. The highest BCUT2D eigenvalue weighted by molar-refractivity contribution is 7.89. The summed E-state index contributed by atoms with van der Waals surface area (Å²) in [5.74, 6) is -4.06. The van der Waals surface area contributed by atoms with Gasteiger partial charge >= 0.3 is 11.9 Å². The highest BCUT2D eigenvalue weighted by Gasteiger charge is 2.38. The van der Waals surface area contributed by atoms with Crippen LogP contribution in [0, 0.1) is 6.92 Å². The molecule has 4 atom stereocenters. The van der Waals surface area contributed by atoms with Gasteiger partial charge in [0.2, 0.25) is 15.9 Å². The van der Waals surface area contributed by atoms with Crippen molar-refractivity contribution >= 4 is 33.8 Å². The van der Waals surface area contributed by atoms with Gasteiger partial charge in [0.1, 0.15) is 18.1 Å². The number of nitrogens with one attached hydrogen (secondary N) is 3. The number of hydrogen-bond donors (Lipinski definition) is 4. The van der Waals surface area contributed by atoms with Crippen LogP contribution >= 0.6 is 0 Å². The number of esters is 2. The van der Waals surface area contributed by atoms with Gasteiger partial charge in [0.15, 0.2) is 6.10 Å². The van der Waals surface area contributed by atoms with Crippen molar-refractivity contribution in [2.75, 3.05) is 14.2 Å². The predicted molar refractivity (Wildman–Crippen MR) is 111 cm³/mol. The van der Waals surface area contributed by atoms with E-state index in [9.17, 15) is 32.7 Å². The minimum Gasteiger partial charge on any atom is -0.467 e. The molecule has 0 spiro atoms. The molecule has 0 saturated heterocycles. The molecule has 0 saturated carbocycles. The summed E-state index contributed by atoms with van der Waals surface area (Å²) >= 11 is 0. The van der Waals surface area contributed by atoms with E-state index in [0.717, 1.165) is 19.8 Å². The summed E-state index contributed by atoms with van der Waals surface area (Å²) < 4.78 is 36.4. The van der Waals surface area contributed by atoms with Crippen LogP contribution in [0.15, 0.2) is 29.2 Å². The number of carbonyl (C=O) groups is 4. The fraction of sp³-hybridized carbons (Fsp3) is 0.474. The van der Waals surface area contributed by atoms with E-state index in [1.165, 1.54) is 38.1 Å². The molecule has 0 aliphatic rings. The van der Waals surface area contributed by atoms with Crippen LogP contribution in [0.1, 0.15) is 19.4 Å². The number of amides is 2. The van der Waals surface area contributed by atoms with E-state index in [0.29, 0.717) is 0 Å². The molecule has 0 fully saturated rings. The van der Waals surface area contributed by atoms with Crippen LogP contribution in [0.4, 0.5) is 0 Å². The number of benzene rings is 1. The minimum absolute atomic E-state index is 0.225. The van der Waals surface area contributed by atoms with Gasteiger partial charge in [0, 0.05) is 0 Å². The van der Waals surface area contributed by atoms with Crippen LogP contribution in [0.3, 0.4) is 0 Å². The van der Waals surface area contributed by atoms with Crippen molar-refractivity contribution < 1.29 is 42.2 Å². The van der Waals surface area contributed by atoms with Crippen LogP contribution in [0.2, 0.25) is 0 Å². The van der Waals surface area contributed by atoms with Crippen LogP contribution in [0.5, 0.6) is 0 Å². The summed E-state index contributed by atoms with van der Waals surface area (Å²) in [5.41, 5.74) is 0.779. The molecule has 32 heavy (non-hydrogen) atoms. The lowest BCUT2D eigenvalue weighted by Crippen LogP contribution is -2.60. The molecule has 1 aromatic carbocycles. The third kappa shape index (κ3) is 7.28. The minimum atomic E-state index is -4.37. The summed E-state index contributed by atoms with van der Waals surface area (Å²) in [6, 6.07) is 1.15. The maximum Gasteiger partial charge on any atom is 0.328 e. The highest BCUT2D eigenvalue weighted by atomic mass is 32.2. The van der Waals surface area contributed by atoms with Crippen molar-refractivity contribution in [3.8, 4) is 0 Å². The molecule has 2 amide bonds. The summed E-state index contributed by atoms with van der Waals surface area (Å²) in [7, 11) is -2.20. The molecule has 4 N–H and O–H groups in total. The van der Waals surface area contributed by atoms with Crippen molar-refractivity contribution in [2.45, 2.75) is 49.9 Å². The quantitative estimate of drug-likeness (QED) is 0.290. The number of sulfonamides is 1. The van der Waals surface area contributed by atoms with Crippen LogP contribution in [-0.2, 0) is 38.7 Å². The zero-order valence-corrected chi connectivity index (χ0v) is 19.1. The molecule has 0 heterocycles. The second kappa shape index (κ2) is 11.5. The average Bonchev–Trinajstić information content (AvgIpc) is 2.75. The Morgan fingerprint density at radius 3 is 1.75 bits per heavy atom. The molecular formula is C19H27N3O9S. The number of ether oxygens (including phenoxy) is 2. The Balaban J connectivity index is 3.20. The first-order valence-corrected chi connectivity index (χ1v) is 10.9. The van der Waals surface area contributed by atoms with E-state index in [2.05, 4.69) is 20.1 Å². The highest BCUT2D eigenvalue weighted by Crippen LogP contribution is 2.12. The Labute approximate surface area is 185 Å². The van der Waals surface area contributed by atoms with E-state index < -0.39 is 58.0 Å². The molecule has 0 unspecified atom stereocenters. The number of aliphatic hydroxyl groups excluding tert-OH is 1. The number of carbonyl (C=O) groups excluding carboxylic acids is 4. The summed E-state index contributed by atoms with van der Waals surface area (Å²) in [6.45, 7) is 4.27. The van der Waals surface area contributed by atoms with Crippen molar-refractivity contribution in [3.05, 3.63) is 29.8 Å². The molecule has 0 aliphatic heterocycles. The van der Waals surface area contributed by atoms with Gasteiger partial charge in [-0.05, 0) is 32.9 Å². The molecule has 0 bridgehead atoms. The number of rotatable bonds is 10. The van der Waals surface area contributed by atoms with E-state index in [1.807, 2.05) is 4.72 Å². The Bertz CT molecular complexity index is 947. The molecule has 0 aromatic heterocycles. The van der Waals surface area contributed by atoms with Crippen molar-refractivity contribution in [1.82, 2.24) is 15.4 Å². The van der Waals surface area contributed by atoms with Crippen molar-refractivity contribution in [1.29, 1.82) is 0 Å². The largest absolute Gasteiger partial charge is 0.467 e. The van der Waals surface area contributed by atoms with Gasteiger partial charge in [-0.3, -0.25) is 9.59 Å². The lowest BCUT2D eigenvalue weighted by atomic mass is 10.1. The van der Waals surface area contributed by atoms with Gasteiger partial charge in [0.05, 0.1) is 19.1 Å². The number of aliphatic hydroxyl groups is 1. The van der Waals surface area contributed by atoms with E-state index in [1.54, 1.807) is 6.92 Å². The fourth-order valence-electron chi connectivity index (χ4n) is 2.44. The predicted octanol–water partition coefficient (Wildman–Crippen LogP) is -1.64. The molecule has 1 rings (SSSR count). The molecule has 12 nitrogen and oxygen atoms in total. The second-order valence-electron chi connectivity index (χ2n) is 6.86. The number of methoxy groups -OCH3 is 2. The first-order valence-electron chi connectivity index (χ1n) is 9.37. The monoisotopic (exact) mass is 473 g/mol. The maximum absolute atomic E-state index is 12.7. The van der Waals surface area contributed by atoms with E-state index in [4.69, 9.17) is 0 Å². The zero-order chi connectivity index (χ0) is 24.6. The van der Waals surface area contributed by atoms with E-state index >= 15 is 0 Å². The SMILES string of the molecule is COC(=O)[C@H](C)NC(=O)[C@@H](O)[C@H](NS(=O)(=O)c1ccc(C)cc1)C(=O)N[C@@H](C)C(=O)OC. The lowest BCUT2D eigenvalue weighted by Gasteiger charge is -2.25. The fourth-order valence-corrected chi connectivity index (χ4v) is 3.64. The smallest absolute Gasteiger partial charge is 0.328 e. The van der Waals surface area contributed by atoms with Crippen molar-refractivity contribution in [3.63, 3.8) is 0 Å². The lowest BCUT2D eigenvalue weighted by molar-refractivity contribution is -0.147. The van der Waals surface area contributed by atoms with Gasteiger partial charge in [-0.1, -0.05) is 17.7 Å².